The minimum Gasteiger partial charge on any atom is -0.480 e. The maximum Gasteiger partial charge on any atom is 0.321 e. The van der Waals surface area contributed by atoms with Crippen molar-refractivity contribution in [1.29, 1.82) is 0 Å². The molecule has 0 heterocycles. The highest BCUT2D eigenvalue weighted by atomic mass is 32.2. The molecule has 0 aliphatic carbocycles. The third-order valence-corrected chi connectivity index (χ3v) is 3.95. The van der Waals surface area contributed by atoms with Crippen molar-refractivity contribution in [1.82, 2.24) is 4.90 Å². The first-order chi connectivity index (χ1) is 6.72. The van der Waals surface area contributed by atoms with Gasteiger partial charge in [-0.2, -0.15) is 0 Å². The fourth-order valence-corrected chi connectivity index (χ4v) is 2.60. The van der Waals surface area contributed by atoms with Gasteiger partial charge in [0.05, 0.1) is 0 Å². The van der Waals surface area contributed by atoms with E-state index in [9.17, 15) is 18.0 Å². The molecule has 1 amide bonds. The van der Waals surface area contributed by atoms with Crippen LogP contribution < -0.4 is 0 Å². The molecular formula is C8H15NO5S. The Balaban J connectivity index is 4.83. The molecule has 0 saturated heterocycles. The van der Waals surface area contributed by atoms with Gasteiger partial charge in [-0.25, -0.2) is 8.42 Å². The van der Waals surface area contributed by atoms with E-state index in [0.29, 0.717) is 0 Å². The predicted octanol–water partition coefficient (Wildman–Crippen LogP) is -0.647. The molecule has 7 heteroatoms. The van der Waals surface area contributed by atoms with Gasteiger partial charge in [0.2, 0.25) is 5.91 Å². The zero-order valence-corrected chi connectivity index (χ0v) is 9.74. The lowest BCUT2D eigenvalue weighted by Crippen LogP contribution is -2.37. The third-order valence-electron chi connectivity index (χ3n) is 1.90. The van der Waals surface area contributed by atoms with E-state index in [4.69, 9.17) is 5.11 Å². The molecule has 0 fully saturated rings. The summed E-state index contributed by atoms with van der Waals surface area (Å²) in [6.07, 6.45) is -0.0433. The van der Waals surface area contributed by atoms with Crippen LogP contribution >= 0.6 is 0 Å². The second-order valence-corrected chi connectivity index (χ2v) is 5.51. The van der Waals surface area contributed by atoms with Crippen molar-refractivity contribution in [3.05, 3.63) is 0 Å². The summed E-state index contributed by atoms with van der Waals surface area (Å²) in [5.41, 5.74) is 0. The van der Waals surface area contributed by atoms with Gasteiger partial charge in [-0.3, -0.25) is 9.59 Å². The number of hydrogen-bond donors (Lipinski definition) is 1. The Labute approximate surface area is 88.8 Å². The molecule has 0 bridgehead atoms. The van der Waals surface area contributed by atoms with E-state index in [-0.39, 0.29) is 6.42 Å². The highest BCUT2D eigenvalue weighted by Gasteiger charge is 2.32. The van der Waals surface area contributed by atoms with Crippen LogP contribution in [0.3, 0.4) is 0 Å². The minimum absolute atomic E-state index is 0.0433. The first-order valence-electron chi connectivity index (χ1n) is 4.37. The largest absolute Gasteiger partial charge is 0.480 e. The number of nitrogens with zero attached hydrogens (tertiary/aromatic N) is 1. The molecule has 0 saturated carbocycles. The van der Waals surface area contributed by atoms with Gasteiger partial charge in [-0.1, -0.05) is 6.92 Å². The van der Waals surface area contributed by atoms with Crippen molar-refractivity contribution < 1.29 is 23.1 Å². The van der Waals surface area contributed by atoms with Crippen LogP contribution in [-0.2, 0) is 19.4 Å². The number of carbonyl (C=O) groups excluding carboxylic acids is 1. The van der Waals surface area contributed by atoms with Crippen molar-refractivity contribution >= 4 is 21.7 Å². The molecule has 6 nitrogen and oxygen atoms in total. The summed E-state index contributed by atoms with van der Waals surface area (Å²) in [5.74, 6) is -2.79. The third kappa shape index (κ3) is 3.86. The van der Waals surface area contributed by atoms with Crippen LogP contribution in [0.2, 0.25) is 0 Å². The zero-order valence-electron chi connectivity index (χ0n) is 8.93. The van der Waals surface area contributed by atoms with E-state index in [2.05, 4.69) is 0 Å². The molecule has 0 aromatic heterocycles. The highest BCUT2D eigenvalue weighted by Crippen LogP contribution is 2.08. The molecule has 0 aliphatic heterocycles. The topological polar surface area (TPSA) is 91.7 Å². The molecule has 0 aromatic carbocycles. The van der Waals surface area contributed by atoms with Crippen molar-refractivity contribution in [2.24, 2.45) is 0 Å². The van der Waals surface area contributed by atoms with Crippen LogP contribution in [0.25, 0.3) is 0 Å². The molecule has 1 atom stereocenters. The summed E-state index contributed by atoms with van der Waals surface area (Å²) in [5, 5.41) is 7.16. The van der Waals surface area contributed by atoms with Crippen LogP contribution in [-0.4, -0.2) is 55.4 Å². The maximum atomic E-state index is 11.5. The van der Waals surface area contributed by atoms with Gasteiger partial charge >= 0.3 is 5.97 Å². The summed E-state index contributed by atoms with van der Waals surface area (Å²) in [4.78, 5) is 22.9. The van der Waals surface area contributed by atoms with Gasteiger partial charge in [-0.15, -0.1) is 0 Å². The summed E-state index contributed by atoms with van der Waals surface area (Å²) < 4.78 is 23.0. The average Bonchev–Trinajstić information content (AvgIpc) is 2.02. The predicted molar refractivity (Wildman–Crippen MR) is 54.2 cm³/mol. The van der Waals surface area contributed by atoms with Crippen molar-refractivity contribution in [2.45, 2.75) is 18.6 Å². The second kappa shape index (κ2) is 5.11. The number of carboxylic acid groups (broad SMARTS) is 1. The van der Waals surface area contributed by atoms with Gasteiger partial charge < -0.3 is 10.0 Å². The Kier molecular flexibility index (Phi) is 4.73. The standard InChI is InChI=1S/C8H15NO5S/c1-4-6(8(11)12)15(13,14)5-7(10)9(2)3/h6H,4-5H2,1-3H3,(H,11,12). The number of carbonyl (C=O) groups is 2. The first-order valence-corrected chi connectivity index (χ1v) is 6.08. The molecule has 0 aromatic rings. The number of sulfone groups is 1. The van der Waals surface area contributed by atoms with E-state index >= 15 is 0 Å². The van der Waals surface area contributed by atoms with E-state index in [1.807, 2.05) is 0 Å². The summed E-state index contributed by atoms with van der Waals surface area (Å²) in [6, 6.07) is 0. The molecule has 88 valence electrons. The van der Waals surface area contributed by atoms with Gasteiger partial charge in [-0.05, 0) is 6.42 Å². The number of amides is 1. The van der Waals surface area contributed by atoms with E-state index in [0.717, 1.165) is 4.90 Å². The average molecular weight is 237 g/mol. The molecule has 15 heavy (non-hydrogen) atoms. The molecule has 1 N–H and O–H groups in total. The van der Waals surface area contributed by atoms with Crippen molar-refractivity contribution in [3.63, 3.8) is 0 Å². The van der Waals surface area contributed by atoms with E-state index in [1.54, 1.807) is 0 Å². The van der Waals surface area contributed by atoms with Crippen LogP contribution in [0, 0.1) is 0 Å². The molecule has 0 radical (unpaired) electrons. The second-order valence-electron chi connectivity index (χ2n) is 3.33. The quantitative estimate of drug-likeness (QED) is 0.686. The van der Waals surface area contributed by atoms with Crippen LogP contribution in [0.4, 0.5) is 0 Å². The maximum absolute atomic E-state index is 11.5. The van der Waals surface area contributed by atoms with Crippen LogP contribution in [0.15, 0.2) is 0 Å². The normalized spacial score (nSPS) is 13.3. The monoisotopic (exact) mass is 237 g/mol. The Hall–Kier alpha value is -1.11. The van der Waals surface area contributed by atoms with Gasteiger partial charge in [0, 0.05) is 14.1 Å². The summed E-state index contributed by atoms with van der Waals surface area (Å²) in [6.45, 7) is 1.45. The molecule has 1 unspecified atom stereocenters. The lowest BCUT2D eigenvalue weighted by Gasteiger charge is -2.14. The number of carboxylic acids is 1. The Morgan fingerprint density at radius 3 is 2.07 bits per heavy atom. The SMILES string of the molecule is CCC(C(=O)O)S(=O)(=O)CC(=O)N(C)C. The van der Waals surface area contributed by atoms with E-state index in [1.165, 1.54) is 21.0 Å². The fourth-order valence-electron chi connectivity index (χ4n) is 0.984. The van der Waals surface area contributed by atoms with Gasteiger partial charge in [0.25, 0.3) is 0 Å². The molecule has 0 spiro atoms. The minimum atomic E-state index is -3.91. The molecule has 0 aliphatic rings. The van der Waals surface area contributed by atoms with Gasteiger partial charge in [0.1, 0.15) is 5.75 Å². The lowest BCUT2D eigenvalue weighted by molar-refractivity contribution is -0.136. The van der Waals surface area contributed by atoms with Crippen LogP contribution in [0.5, 0.6) is 0 Å². The first kappa shape index (κ1) is 13.9. The highest BCUT2D eigenvalue weighted by molar-refractivity contribution is 7.93. The van der Waals surface area contributed by atoms with E-state index < -0.39 is 32.7 Å². The summed E-state index contributed by atoms with van der Waals surface area (Å²) >= 11 is 0. The van der Waals surface area contributed by atoms with Crippen LogP contribution in [0.1, 0.15) is 13.3 Å². The Morgan fingerprint density at radius 2 is 1.80 bits per heavy atom. The van der Waals surface area contributed by atoms with Crippen molar-refractivity contribution in [2.75, 3.05) is 19.8 Å². The van der Waals surface area contributed by atoms with Gasteiger partial charge in [0.15, 0.2) is 15.1 Å². The van der Waals surface area contributed by atoms with Crippen molar-refractivity contribution in [3.8, 4) is 0 Å². The number of aliphatic carboxylic acids is 1. The fraction of sp³-hybridized carbons (Fsp3) is 0.750. The Bertz CT molecular complexity index is 346. The number of rotatable bonds is 5. The summed E-state index contributed by atoms with van der Waals surface area (Å²) in [7, 11) is -1.07. The Morgan fingerprint density at radius 1 is 1.33 bits per heavy atom. The smallest absolute Gasteiger partial charge is 0.321 e. The lowest BCUT2D eigenvalue weighted by atomic mass is 10.3. The molecule has 0 rings (SSSR count). The zero-order chi connectivity index (χ0) is 12.2. The molecular weight excluding hydrogens is 222 g/mol. The number of hydrogen-bond acceptors (Lipinski definition) is 4.